The molecular weight excluding hydrogens is 329 g/mol. The number of hydrogen-bond acceptors (Lipinski definition) is 2. The van der Waals surface area contributed by atoms with E-state index in [2.05, 4.69) is 11.8 Å². The molecule has 138 valence electrons. The Bertz CT molecular complexity index is 623. The summed E-state index contributed by atoms with van der Waals surface area (Å²) in [6.45, 7) is 4.10. The van der Waals surface area contributed by atoms with Crippen LogP contribution in [0.2, 0.25) is 0 Å². The van der Waals surface area contributed by atoms with Gasteiger partial charge in [0.25, 0.3) is 0 Å². The number of amides is 1. The number of nitrogens with zero attached hydrogens (tertiary/aromatic N) is 2. The number of likely N-dealkylation sites (tertiary alicyclic amines) is 1. The maximum atomic E-state index is 12.8. The zero-order chi connectivity index (χ0) is 18.2. The number of benzene rings is 1. The van der Waals surface area contributed by atoms with Gasteiger partial charge in [-0.3, -0.25) is 9.69 Å². The van der Waals surface area contributed by atoms with Gasteiger partial charge in [-0.05, 0) is 43.9 Å². The van der Waals surface area contributed by atoms with Gasteiger partial charge in [-0.2, -0.15) is 13.2 Å². The van der Waals surface area contributed by atoms with Crippen LogP contribution in [0.25, 0.3) is 0 Å². The van der Waals surface area contributed by atoms with Crippen LogP contribution in [-0.2, 0) is 17.5 Å². The molecule has 1 heterocycles. The van der Waals surface area contributed by atoms with Crippen LogP contribution in [0.15, 0.2) is 24.3 Å². The fraction of sp³-hybridized carbons (Fsp3) is 0.632. The Balaban J connectivity index is 1.53. The Morgan fingerprint density at radius 1 is 1.28 bits per heavy atom. The molecule has 0 unspecified atom stereocenters. The van der Waals surface area contributed by atoms with Gasteiger partial charge >= 0.3 is 6.18 Å². The summed E-state index contributed by atoms with van der Waals surface area (Å²) in [5.74, 6) is 1.03. The standard InChI is InChI=1S/C19H25F3N2O/c1-13-10-17(13)18(25)24-8-6-16(7-9-24)23(2)12-14-4-3-5-15(11-14)19(20,21)22/h3-5,11,13,16-17H,6-10,12H2,1-2H3/t13-,17+/m1/s1. The van der Waals surface area contributed by atoms with Crippen LogP contribution in [0.5, 0.6) is 0 Å². The molecule has 3 nitrogen and oxygen atoms in total. The molecule has 1 aliphatic carbocycles. The Kier molecular flexibility index (Phi) is 5.09. The number of hydrogen-bond donors (Lipinski definition) is 0. The minimum Gasteiger partial charge on any atom is -0.342 e. The molecule has 0 spiro atoms. The van der Waals surface area contributed by atoms with Crippen molar-refractivity contribution in [2.45, 2.75) is 44.9 Å². The van der Waals surface area contributed by atoms with Crippen molar-refractivity contribution in [2.24, 2.45) is 11.8 Å². The lowest BCUT2D eigenvalue weighted by Gasteiger charge is -2.37. The first-order valence-corrected chi connectivity index (χ1v) is 8.91. The molecule has 1 saturated carbocycles. The van der Waals surface area contributed by atoms with Gasteiger partial charge in [0, 0.05) is 31.6 Å². The molecule has 3 rings (SSSR count). The molecule has 1 aromatic rings. The van der Waals surface area contributed by atoms with Crippen molar-refractivity contribution < 1.29 is 18.0 Å². The number of carbonyl (C=O) groups excluding carboxylic acids is 1. The van der Waals surface area contributed by atoms with Crippen LogP contribution in [0.1, 0.15) is 37.3 Å². The minimum absolute atomic E-state index is 0.222. The van der Waals surface area contributed by atoms with Crippen molar-refractivity contribution >= 4 is 5.91 Å². The highest BCUT2D eigenvalue weighted by Crippen LogP contribution is 2.39. The highest BCUT2D eigenvalue weighted by molar-refractivity contribution is 5.81. The predicted molar refractivity (Wildman–Crippen MR) is 89.8 cm³/mol. The second-order valence-corrected chi connectivity index (χ2v) is 7.49. The summed E-state index contributed by atoms with van der Waals surface area (Å²) >= 11 is 0. The van der Waals surface area contributed by atoms with Crippen molar-refractivity contribution in [3.63, 3.8) is 0 Å². The van der Waals surface area contributed by atoms with Crippen LogP contribution in [0, 0.1) is 11.8 Å². The first-order chi connectivity index (χ1) is 11.8. The second-order valence-electron chi connectivity index (χ2n) is 7.49. The zero-order valence-electron chi connectivity index (χ0n) is 14.7. The quantitative estimate of drug-likeness (QED) is 0.821. The molecule has 25 heavy (non-hydrogen) atoms. The van der Waals surface area contributed by atoms with Crippen molar-refractivity contribution in [3.8, 4) is 0 Å². The summed E-state index contributed by atoms with van der Waals surface area (Å²) < 4.78 is 38.5. The largest absolute Gasteiger partial charge is 0.416 e. The molecule has 2 atom stereocenters. The normalized spacial score (nSPS) is 24.6. The van der Waals surface area contributed by atoms with Gasteiger partial charge in [0.05, 0.1) is 5.56 Å². The van der Waals surface area contributed by atoms with Crippen LogP contribution >= 0.6 is 0 Å². The van der Waals surface area contributed by atoms with Gasteiger partial charge in [-0.25, -0.2) is 0 Å². The molecule has 2 aliphatic rings. The van der Waals surface area contributed by atoms with E-state index in [0.717, 1.165) is 38.4 Å². The third kappa shape index (κ3) is 4.35. The second kappa shape index (κ2) is 6.98. The Labute approximate surface area is 146 Å². The lowest BCUT2D eigenvalue weighted by Crippen LogP contribution is -2.45. The van der Waals surface area contributed by atoms with Crippen LogP contribution in [-0.4, -0.2) is 41.9 Å². The summed E-state index contributed by atoms with van der Waals surface area (Å²) in [7, 11) is 1.95. The first kappa shape index (κ1) is 18.2. The molecule has 0 N–H and O–H groups in total. The van der Waals surface area contributed by atoms with Gasteiger partial charge < -0.3 is 4.90 Å². The lowest BCUT2D eigenvalue weighted by atomic mass is 10.0. The number of alkyl halides is 3. The van der Waals surface area contributed by atoms with E-state index in [0.29, 0.717) is 24.1 Å². The van der Waals surface area contributed by atoms with E-state index in [1.807, 2.05) is 11.9 Å². The van der Waals surface area contributed by atoms with E-state index in [9.17, 15) is 18.0 Å². The SMILES string of the molecule is C[C@@H]1C[C@@H]1C(=O)N1CCC(N(C)Cc2cccc(C(F)(F)F)c2)CC1. The van der Waals surface area contributed by atoms with E-state index in [1.165, 1.54) is 12.1 Å². The Morgan fingerprint density at radius 2 is 1.92 bits per heavy atom. The molecule has 1 saturated heterocycles. The Morgan fingerprint density at radius 3 is 2.48 bits per heavy atom. The minimum atomic E-state index is -4.31. The molecule has 0 radical (unpaired) electrons. The maximum Gasteiger partial charge on any atom is 0.416 e. The third-order valence-corrected chi connectivity index (χ3v) is 5.51. The summed E-state index contributed by atoms with van der Waals surface area (Å²) in [6, 6.07) is 5.83. The average molecular weight is 354 g/mol. The topological polar surface area (TPSA) is 23.6 Å². The van der Waals surface area contributed by atoms with E-state index in [-0.39, 0.29) is 11.8 Å². The first-order valence-electron chi connectivity index (χ1n) is 8.91. The molecule has 0 aromatic heterocycles. The van der Waals surface area contributed by atoms with Crippen molar-refractivity contribution in [2.75, 3.05) is 20.1 Å². The fourth-order valence-electron chi connectivity index (χ4n) is 3.69. The van der Waals surface area contributed by atoms with Gasteiger partial charge in [0.15, 0.2) is 0 Å². The van der Waals surface area contributed by atoms with Crippen LogP contribution in [0.4, 0.5) is 13.2 Å². The van der Waals surface area contributed by atoms with Gasteiger partial charge in [0.2, 0.25) is 5.91 Å². The lowest BCUT2D eigenvalue weighted by molar-refractivity contribution is -0.137. The number of piperidine rings is 1. The van der Waals surface area contributed by atoms with Crippen LogP contribution < -0.4 is 0 Å². The smallest absolute Gasteiger partial charge is 0.342 e. The van der Waals surface area contributed by atoms with Gasteiger partial charge in [-0.15, -0.1) is 0 Å². The van der Waals surface area contributed by atoms with E-state index in [1.54, 1.807) is 6.07 Å². The van der Waals surface area contributed by atoms with Crippen molar-refractivity contribution in [3.05, 3.63) is 35.4 Å². The Hall–Kier alpha value is -1.56. The van der Waals surface area contributed by atoms with Gasteiger partial charge in [-0.1, -0.05) is 25.1 Å². The number of halogens is 3. The maximum absolute atomic E-state index is 12.8. The van der Waals surface area contributed by atoms with Crippen molar-refractivity contribution in [1.29, 1.82) is 0 Å². The fourth-order valence-corrected chi connectivity index (χ4v) is 3.69. The molecule has 2 fully saturated rings. The summed E-state index contributed by atoms with van der Waals surface area (Å²) in [4.78, 5) is 16.3. The van der Waals surface area contributed by atoms with Crippen LogP contribution in [0.3, 0.4) is 0 Å². The molecule has 1 aliphatic heterocycles. The molecule has 1 amide bonds. The zero-order valence-corrected chi connectivity index (χ0v) is 14.7. The third-order valence-electron chi connectivity index (χ3n) is 5.51. The van der Waals surface area contributed by atoms with Crippen molar-refractivity contribution in [1.82, 2.24) is 9.80 Å². The predicted octanol–water partition coefficient (Wildman–Crippen LogP) is 3.78. The molecule has 6 heteroatoms. The highest BCUT2D eigenvalue weighted by Gasteiger charge is 2.42. The number of rotatable bonds is 4. The monoisotopic (exact) mass is 354 g/mol. The summed E-state index contributed by atoms with van der Waals surface area (Å²) in [5.41, 5.74) is 0.0694. The molecule has 0 bridgehead atoms. The van der Waals surface area contributed by atoms with Gasteiger partial charge in [0.1, 0.15) is 0 Å². The van der Waals surface area contributed by atoms with E-state index in [4.69, 9.17) is 0 Å². The molecular formula is C19H25F3N2O. The number of carbonyl (C=O) groups is 1. The molecule has 1 aromatic carbocycles. The summed E-state index contributed by atoms with van der Waals surface area (Å²) in [5, 5.41) is 0. The average Bonchev–Trinajstić information content (AvgIpc) is 3.30. The van der Waals surface area contributed by atoms with E-state index < -0.39 is 11.7 Å². The summed E-state index contributed by atoms with van der Waals surface area (Å²) in [6.07, 6.45) is -1.54. The highest BCUT2D eigenvalue weighted by atomic mass is 19.4. The van der Waals surface area contributed by atoms with E-state index >= 15 is 0 Å².